The molecular weight excluding hydrogens is 378 g/mol. The van der Waals surface area contributed by atoms with E-state index < -0.39 is 11.1 Å². The minimum absolute atomic E-state index is 0.175. The number of hydrogen-bond acceptors (Lipinski definition) is 4. The summed E-state index contributed by atoms with van der Waals surface area (Å²) in [6.07, 6.45) is 7.29. The van der Waals surface area contributed by atoms with Crippen molar-refractivity contribution in [2.24, 2.45) is 5.92 Å². The van der Waals surface area contributed by atoms with Gasteiger partial charge in [0.1, 0.15) is 0 Å². The van der Waals surface area contributed by atoms with Crippen molar-refractivity contribution in [3.63, 3.8) is 0 Å². The molecule has 0 N–H and O–H groups in total. The van der Waals surface area contributed by atoms with Crippen LogP contribution in [0.5, 0.6) is 0 Å². The molecule has 30 heavy (non-hydrogen) atoms. The Hall–Kier alpha value is -2.56. The summed E-state index contributed by atoms with van der Waals surface area (Å²) in [5.74, 6) is 0.691. The molecule has 0 aromatic heterocycles. The van der Waals surface area contributed by atoms with Gasteiger partial charge in [-0.15, -0.1) is 0 Å². The minimum atomic E-state index is -1.02. The van der Waals surface area contributed by atoms with Gasteiger partial charge in [0.2, 0.25) is 11.5 Å². The van der Waals surface area contributed by atoms with Gasteiger partial charge >= 0.3 is 5.97 Å². The first-order chi connectivity index (χ1) is 14.4. The predicted octanol–water partition coefficient (Wildman–Crippen LogP) is 4.16. The van der Waals surface area contributed by atoms with E-state index in [4.69, 9.17) is 9.47 Å². The topological polar surface area (TPSA) is 55.8 Å². The van der Waals surface area contributed by atoms with Gasteiger partial charge in [-0.25, -0.2) is 4.79 Å². The largest absolute Gasteiger partial charge is 0.496 e. The Bertz CT molecular complexity index is 975. The molecule has 4 aliphatic rings. The van der Waals surface area contributed by atoms with Crippen LogP contribution in [-0.4, -0.2) is 41.6 Å². The van der Waals surface area contributed by atoms with E-state index in [9.17, 15) is 9.59 Å². The van der Waals surface area contributed by atoms with Gasteiger partial charge in [0, 0.05) is 13.0 Å². The first-order valence-electron chi connectivity index (χ1n) is 11.0. The zero-order valence-corrected chi connectivity index (χ0v) is 18.0. The van der Waals surface area contributed by atoms with Crippen LogP contribution >= 0.6 is 0 Å². The lowest BCUT2D eigenvalue weighted by molar-refractivity contribution is -0.161. The third kappa shape index (κ3) is 2.35. The fourth-order valence-corrected chi connectivity index (χ4v) is 6.49. The summed E-state index contributed by atoms with van der Waals surface area (Å²) in [7, 11) is 1.62. The molecule has 0 bridgehead atoms. The zero-order chi connectivity index (χ0) is 21.1. The average Bonchev–Trinajstić information content (AvgIpc) is 3.22. The highest BCUT2D eigenvalue weighted by Crippen LogP contribution is 2.64. The fourth-order valence-electron chi connectivity index (χ4n) is 6.49. The Morgan fingerprint density at radius 3 is 2.67 bits per heavy atom. The molecule has 0 radical (unpaired) electrons. The number of ether oxygens (including phenoxy) is 2. The van der Waals surface area contributed by atoms with E-state index in [1.165, 1.54) is 5.56 Å². The summed E-state index contributed by atoms with van der Waals surface area (Å²) in [5.41, 5.74) is 2.29. The lowest BCUT2D eigenvalue weighted by Gasteiger charge is -2.48. The first kappa shape index (κ1) is 19.4. The molecule has 1 aliphatic carbocycles. The summed E-state index contributed by atoms with van der Waals surface area (Å²) < 4.78 is 12.2. The summed E-state index contributed by atoms with van der Waals surface area (Å²) in [6.45, 7) is 4.57. The third-order valence-electron chi connectivity index (χ3n) is 7.73. The standard InChI is InChI=1S/C25H29NO4/c1-16-7-9-18(10-8-16)14-20-15-19-6-4-5-13-26-21(27)11-12-24(19,26)25(20)22(29-3)17(2)23(28)30-25/h7-10,14,19H,4-6,11-13,15H2,1-3H3/b20-14+/t19-,24+,25-/m0/s1. The molecule has 2 spiro atoms. The maximum atomic E-state index is 13.0. The molecule has 1 aromatic carbocycles. The molecule has 158 valence electrons. The van der Waals surface area contributed by atoms with Gasteiger partial charge in [0.05, 0.1) is 18.2 Å². The zero-order valence-electron chi connectivity index (χ0n) is 18.0. The smallest absolute Gasteiger partial charge is 0.338 e. The Labute approximate surface area is 177 Å². The number of carbonyl (C=O) groups is 2. The van der Waals surface area contributed by atoms with Gasteiger partial charge in [0.15, 0.2) is 5.76 Å². The Kier molecular flexibility index (Phi) is 4.35. The number of carbonyl (C=O) groups excluding carboxylic acids is 2. The molecule has 3 heterocycles. The maximum Gasteiger partial charge on any atom is 0.338 e. The minimum Gasteiger partial charge on any atom is -0.496 e. The fraction of sp³-hybridized carbons (Fsp3) is 0.520. The molecule has 5 nitrogen and oxygen atoms in total. The van der Waals surface area contributed by atoms with Crippen molar-refractivity contribution in [3.8, 4) is 0 Å². The second kappa shape index (κ2) is 6.73. The molecule has 0 unspecified atom stereocenters. The summed E-state index contributed by atoms with van der Waals surface area (Å²) in [6, 6.07) is 8.38. The third-order valence-corrected chi connectivity index (χ3v) is 7.73. The molecule has 3 aliphatic heterocycles. The molecule has 3 fully saturated rings. The number of benzene rings is 1. The molecule has 5 heteroatoms. The Balaban J connectivity index is 1.76. The average molecular weight is 408 g/mol. The highest BCUT2D eigenvalue weighted by Gasteiger charge is 2.74. The SMILES string of the molecule is COC1=C(C)C(=O)O[C@@]12/C(=C/c1ccc(C)cc1)C[C@@H]1CCCCN3C(=O)CC[C@]132. The summed E-state index contributed by atoms with van der Waals surface area (Å²) in [4.78, 5) is 27.9. The number of aryl methyl sites for hydroxylation is 1. The summed E-state index contributed by atoms with van der Waals surface area (Å²) in [5, 5.41) is 0. The number of hydrogen-bond donors (Lipinski definition) is 0. The van der Waals surface area contributed by atoms with Crippen LogP contribution in [0.25, 0.3) is 6.08 Å². The van der Waals surface area contributed by atoms with E-state index in [0.717, 1.165) is 43.4 Å². The highest BCUT2D eigenvalue weighted by molar-refractivity contribution is 5.94. The molecule has 3 atom stereocenters. The van der Waals surface area contributed by atoms with Crippen LogP contribution in [0.2, 0.25) is 0 Å². The number of nitrogens with zero attached hydrogens (tertiary/aromatic N) is 1. The van der Waals surface area contributed by atoms with Crippen molar-refractivity contribution in [2.45, 2.75) is 63.5 Å². The Morgan fingerprint density at radius 2 is 1.93 bits per heavy atom. The number of esters is 1. The van der Waals surface area contributed by atoms with E-state index in [1.54, 1.807) is 14.0 Å². The van der Waals surface area contributed by atoms with E-state index in [-0.39, 0.29) is 17.8 Å². The number of amides is 1. The van der Waals surface area contributed by atoms with Gasteiger partial charge in [0.25, 0.3) is 0 Å². The monoisotopic (exact) mass is 407 g/mol. The maximum absolute atomic E-state index is 13.0. The van der Waals surface area contributed by atoms with Gasteiger partial charge in [-0.3, -0.25) is 4.79 Å². The van der Waals surface area contributed by atoms with E-state index in [0.29, 0.717) is 24.2 Å². The Morgan fingerprint density at radius 1 is 1.17 bits per heavy atom. The normalized spacial score (nSPS) is 34.4. The van der Waals surface area contributed by atoms with Crippen LogP contribution in [0.4, 0.5) is 0 Å². The second-order valence-corrected chi connectivity index (χ2v) is 9.18. The van der Waals surface area contributed by atoms with Crippen molar-refractivity contribution in [1.29, 1.82) is 0 Å². The second-order valence-electron chi connectivity index (χ2n) is 9.18. The summed E-state index contributed by atoms with van der Waals surface area (Å²) >= 11 is 0. The van der Waals surface area contributed by atoms with Crippen LogP contribution in [0.3, 0.4) is 0 Å². The van der Waals surface area contributed by atoms with Gasteiger partial charge in [-0.05, 0) is 56.6 Å². The molecule has 1 amide bonds. The first-order valence-corrected chi connectivity index (χ1v) is 11.0. The number of methoxy groups -OCH3 is 1. The molecule has 1 saturated carbocycles. The van der Waals surface area contributed by atoms with Crippen LogP contribution in [0.15, 0.2) is 41.2 Å². The number of rotatable bonds is 2. The van der Waals surface area contributed by atoms with Crippen molar-refractivity contribution in [3.05, 3.63) is 52.3 Å². The molecule has 1 aromatic rings. The van der Waals surface area contributed by atoms with Crippen LogP contribution in [0, 0.1) is 12.8 Å². The molecule has 5 rings (SSSR count). The van der Waals surface area contributed by atoms with Crippen molar-refractivity contribution in [2.75, 3.05) is 13.7 Å². The van der Waals surface area contributed by atoms with Crippen LogP contribution < -0.4 is 0 Å². The van der Waals surface area contributed by atoms with Crippen molar-refractivity contribution < 1.29 is 19.1 Å². The van der Waals surface area contributed by atoms with Crippen LogP contribution in [-0.2, 0) is 19.1 Å². The lowest BCUT2D eigenvalue weighted by atomic mass is 9.72. The van der Waals surface area contributed by atoms with Gasteiger partial charge in [-0.2, -0.15) is 0 Å². The van der Waals surface area contributed by atoms with E-state index >= 15 is 0 Å². The van der Waals surface area contributed by atoms with Gasteiger partial charge < -0.3 is 14.4 Å². The van der Waals surface area contributed by atoms with Crippen molar-refractivity contribution >= 4 is 18.0 Å². The molecule has 2 saturated heterocycles. The van der Waals surface area contributed by atoms with E-state index in [1.807, 2.05) is 4.90 Å². The van der Waals surface area contributed by atoms with Crippen LogP contribution in [0.1, 0.15) is 56.6 Å². The van der Waals surface area contributed by atoms with E-state index in [2.05, 4.69) is 37.3 Å². The van der Waals surface area contributed by atoms with Crippen molar-refractivity contribution in [1.82, 2.24) is 4.90 Å². The molecular formula is C25H29NO4. The predicted molar refractivity (Wildman–Crippen MR) is 113 cm³/mol. The highest BCUT2D eigenvalue weighted by atomic mass is 16.6. The quantitative estimate of drug-likeness (QED) is 0.691. The lowest BCUT2D eigenvalue weighted by Crippen LogP contribution is -2.63. The van der Waals surface area contributed by atoms with Gasteiger partial charge in [-0.1, -0.05) is 42.3 Å².